The van der Waals surface area contributed by atoms with Gasteiger partial charge >= 0.3 is 5.97 Å². The summed E-state index contributed by atoms with van der Waals surface area (Å²) >= 11 is 0. The normalized spacial score (nSPS) is 8.00. The summed E-state index contributed by atoms with van der Waals surface area (Å²) in [6.45, 7) is 0. The highest BCUT2D eigenvalue weighted by molar-refractivity contribution is 6.07. The maximum Gasteiger partial charge on any atom is 0.340 e. The van der Waals surface area contributed by atoms with Crippen LogP contribution in [-0.2, 0) is 4.79 Å². The second kappa shape index (κ2) is 2.71. The van der Waals surface area contributed by atoms with Gasteiger partial charge in [-0.1, -0.05) is 0 Å². The number of nitrogens with one attached hydrogen (secondary N) is 1. The molecule has 0 saturated heterocycles. The Morgan fingerprint density at radius 3 is 2.00 bits per heavy atom. The Morgan fingerprint density at radius 2 is 2.00 bits per heavy atom. The fraction of sp³-hybridized carbons (Fsp3) is 0. The highest BCUT2D eigenvalue weighted by atomic mass is 16.4. The predicted molar refractivity (Wildman–Crippen MR) is 31.8 cm³/mol. The van der Waals surface area contributed by atoms with Gasteiger partial charge in [-0.05, 0) is 0 Å². The molecule has 0 saturated carbocycles. The summed E-state index contributed by atoms with van der Waals surface area (Å²) in [5, 5.41) is 14.7. The van der Waals surface area contributed by atoms with Crippen LogP contribution in [-0.4, -0.2) is 17.3 Å². The van der Waals surface area contributed by atoms with Crippen molar-refractivity contribution in [3.63, 3.8) is 0 Å². The molecule has 50 valence electrons. The Hall–Kier alpha value is -1.52. The van der Waals surface area contributed by atoms with Gasteiger partial charge in [-0.15, -0.1) is 0 Å². The van der Waals surface area contributed by atoms with Crippen molar-refractivity contribution in [1.82, 2.24) is 0 Å². The minimum absolute atomic E-state index is 0.350. The molecule has 5 heteroatoms. The molecule has 0 aliphatic carbocycles. The topological polar surface area (TPSA) is 113 Å². The molecule has 0 aromatic rings. The van der Waals surface area contributed by atoms with Gasteiger partial charge in [0, 0.05) is 6.21 Å². The first kappa shape index (κ1) is 7.48. The van der Waals surface area contributed by atoms with Crippen molar-refractivity contribution in [1.29, 1.82) is 5.41 Å². The number of hydrogen-bond donors (Lipinski definition) is 4. The molecule has 0 fully saturated rings. The van der Waals surface area contributed by atoms with Gasteiger partial charge in [-0.2, -0.15) is 0 Å². The van der Waals surface area contributed by atoms with Crippen LogP contribution >= 0.6 is 0 Å². The molecule has 0 atom stereocenters. The van der Waals surface area contributed by atoms with Crippen molar-refractivity contribution in [2.24, 2.45) is 11.5 Å². The number of aliphatic carboxylic acids is 1. The van der Waals surface area contributed by atoms with E-state index in [0.29, 0.717) is 6.21 Å². The minimum atomic E-state index is -1.29. The van der Waals surface area contributed by atoms with E-state index in [-0.39, 0.29) is 11.4 Å². The number of carboxylic acids is 1. The number of carboxylic acid groups (broad SMARTS) is 1. The number of nitrogens with two attached hydrogens (primary N) is 2. The van der Waals surface area contributed by atoms with Crippen molar-refractivity contribution < 1.29 is 9.90 Å². The van der Waals surface area contributed by atoms with E-state index in [1.807, 2.05) is 0 Å². The lowest BCUT2D eigenvalue weighted by molar-refractivity contribution is -0.132. The van der Waals surface area contributed by atoms with E-state index in [1.54, 1.807) is 0 Å². The molecule has 5 nitrogen and oxygen atoms in total. The molecule has 0 bridgehead atoms. The highest BCUT2D eigenvalue weighted by Crippen LogP contribution is 1.88. The Labute approximate surface area is 51.5 Å². The summed E-state index contributed by atoms with van der Waals surface area (Å²) in [5.41, 5.74) is 9.37. The molecule has 9 heavy (non-hydrogen) atoms. The van der Waals surface area contributed by atoms with Crippen LogP contribution in [0.5, 0.6) is 0 Å². The van der Waals surface area contributed by atoms with Crippen LogP contribution in [0.2, 0.25) is 0 Å². The average Bonchev–Trinajstić information content (AvgIpc) is 1.64. The molecule has 0 aliphatic rings. The minimum Gasteiger partial charge on any atom is -0.478 e. The maximum absolute atomic E-state index is 10.0. The van der Waals surface area contributed by atoms with E-state index in [4.69, 9.17) is 22.0 Å². The molecule has 0 unspecified atom stereocenters. The van der Waals surface area contributed by atoms with Crippen LogP contribution in [0.3, 0.4) is 0 Å². The fourth-order valence-electron chi connectivity index (χ4n) is 0.269. The predicted octanol–water partition coefficient (Wildman–Crippen LogP) is -1.15. The van der Waals surface area contributed by atoms with Gasteiger partial charge in [0.05, 0.1) is 0 Å². The van der Waals surface area contributed by atoms with Gasteiger partial charge in [0.15, 0.2) is 0 Å². The largest absolute Gasteiger partial charge is 0.478 e. The van der Waals surface area contributed by atoms with Crippen molar-refractivity contribution in [3.05, 3.63) is 11.4 Å². The van der Waals surface area contributed by atoms with Crippen molar-refractivity contribution in [2.45, 2.75) is 0 Å². The first-order valence-electron chi connectivity index (χ1n) is 2.08. The molecule has 0 aromatic heterocycles. The van der Waals surface area contributed by atoms with Crippen LogP contribution < -0.4 is 11.5 Å². The van der Waals surface area contributed by atoms with Crippen LogP contribution in [0.4, 0.5) is 0 Å². The highest BCUT2D eigenvalue weighted by Gasteiger charge is 2.05. The molecule has 6 N–H and O–H groups in total. The van der Waals surface area contributed by atoms with Gasteiger partial charge < -0.3 is 22.0 Å². The van der Waals surface area contributed by atoms with Crippen molar-refractivity contribution >= 4 is 12.2 Å². The molecule has 0 heterocycles. The summed E-state index contributed by atoms with van der Waals surface area (Å²) in [6.07, 6.45) is 0.595. The molecule has 0 radical (unpaired) electrons. The lowest BCUT2D eigenvalue weighted by Crippen LogP contribution is -2.17. The lowest BCUT2D eigenvalue weighted by atomic mass is 10.3. The zero-order valence-electron chi connectivity index (χ0n) is 4.59. The smallest absolute Gasteiger partial charge is 0.340 e. The molecular formula is C4H7N3O2. The number of rotatable bonds is 2. The van der Waals surface area contributed by atoms with Crippen molar-refractivity contribution in [3.8, 4) is 0 Å². The molecule has 0 aliphatic heterocycles. The van der Waals surface area contributed by atoms with E-state index in [1.165, 1.54) is 0 Å². The zero-order chi connectivity index (χ0) is 7.44. The van der Waals surface area contributed by atoms with E-state index >= 15 is 0 Å². The first-order valence-corrected chi connectivity index (χ1v) is 2.08. The quantitative estimate of drug-likeness (QED) is 0.278. The summed E-state index contributed by atoms with van der Waals surface area (Å²) in [4.78, 5) is 10.0. The Kier molecular flexibility index (Phi) is 2.25. The van der Waals surface area contributed by atoms with Gasteiger partial charge in [-0.3, -0.25) is 0 Å². The van der Waals surface area contributed by atoms with Gasteiger partial charge in [0.1, 0.15) is 11.4 Å². The standard InChI is InChI=1S/C4H7N3O2/c5-1-2(3(6)7)4(8)9/h1,5H,6-7H2,(H,8,9). The molecular weight excluding hydrogens is 122 g/mol. The zero-order valence-corrected chi connectivity index (χ0v) is 4.59. The maximum atomic E-state index is 10.0. The summed E-state index contributed by atoms with van der Waals surface area (Å²) in [5.74, 6) is -1.64. The lowest BCUT2D eigenvalue weighted by Gasteiger charge is -1.93. The van der Waals surface area contributed by atoms with Gasteiger partial charge in [0.2, 0.25) is 0 Å². The third-order valence-electron chi connectivity index (χ3n) is 0.686. The first-order chi connectivity index (χ1) is 4.09. The Bertz CT molecular complexity index is 169. The van der Waals surface area contributed by atoms with Crippen LogP contribution in [0.25, 0.3) is 0 Å². The van der Waals surface area contributed by atoms with Crippen LogP contribution in [0.1, 0.15) is 0 Å². The third kappa shape index (κ3) is 1.81. The number of hydrogen-bond acceptors (Lipinski definition) is 4. The monoisotopic (exact) mass is 129 g/mol. The van der Waals surface area contributed by atoms with Crippen molar-refractivity contribution in [2.75, 3.05) is 0 Å². The Balaban J connectivity index is 4.55. The molecule has 0 spiro atoms. The molecule has 0 aromatic carbocycles. The summed E-state index contributed by atoms with van der Waals surface area (Å²) in [6, 6.07) is 0. The average molecular weight is 129 g/mol. The number of carbonyl (C=O) groups is 1. The Morgan fingerprint density at radius 1 is 1.56 bits per heavy atom. The van der Waals surface area contributed by atoms with Gasteiger partial charge in [0.25, 0.3) is 0 Å². The van der Waals surface area contributed by atoms with Gasteiger partial charge in [-0.25, -0.2) is 4.79 Å². The van der Waals surface area contributed by atoms with Crippen LogP contribution in [0.15, 0.2) is 11.4 Å². The molecule has 0 rings (SSSR count). The second-order valence-corrected chi connectivity index (χ2v) is 1.32. The van der Waals surface area contributed by atoms with E-state index in [2.05, 4.69) is 0 Å². The third-order valence-corrected chi connectivity index (χ3v) is 0.686. The summed E-state index contributed by atoms with van der Waals surface area (Å²) < 4.78 is 0. The van der Waals surface area contributed by atoms with E-state index in [0.717, 1.165) is 0 Å². The summed E-state index contributed by atoms with van der Waals surface area (Å²) in [7, 11) is 0. The fourth-order valence-corrected chi connectivity index (χ4v) is 0.269. The van der Waals surface area contributed by atoms with E-state index < -0.39 is 5.97 Å². The SMILES string of the molecule is N=CC(C(=O)O)=C(N)N. The van der Waals surface area contributed by atoms with E-state index in [9.17, 15) is 4.79 Å². The molecule has 0 amide bonds. The second-order valence-electron chi connectivity index (χ2n) is 1.32. The van der Waals surface area contributed by atoms with Crippen LogP contribution in [0, 0.1) is 5.41 Å².